The molecule has 1 aromatic heterocycles. The lowest BCUT2D eigenvalue weighted by Crippen LogP contribution is -2.45. The first kappa shape index (κ1) is 13.9. The normalized spacial score (nSPS) is 11.4. The van der Waals surface area contributed by atoms with Crippen molar-refractivity contribution in [3.63, 3.8) is 0 Å². The quantitative estimate of drug-likeness (QED) is 0.790. The molecule has 0 amide bonds. The average Bonchev–Trinajstić information content (AvgIpc) is 2.27. The van der Waals surface area contributed by atoms with Crippen LogP contribution < -0.4 is 10.6 Å². The zero-order chi connectivity index (χ0) is 13.2. The largest absolute Gasteiger partial charge is 0.394 e. The van der Waals surface area contributed by atoms with E-state index in [0.29, 0.717) is 4.99 Å². The Bertz CT molecular complexity index is 432. The van der Waals surface area contributed by atoms with Crippen LogP contribution in [0, 0.1) is 6.92 Å². The highest BCUT2D eigenvalue weighted by atomic mass is 32.1. The zero-order valence-corrected chi connectivity index (χ0v) is 11.5. The maximum Gasteiger partial charge on any atom is 0.129 e. The van der Waals surface area contributed by atoms with Gasteiger partial charge in [-0.05, 0) is 32.9 Å². The van der Waals surface area contributed by atoms with Gasteiger partial charge in [-0.15, -0.1) is 0 Å². The van der Waals surface area contributed by atoms with Crippen molar-refractivity contribution in [1.82, 2.24) is 4.98 Å². The van der Waals surface area contributed by atoms with E-state index in [0.717, 1.165) is 17.1 Å². The lowest BCUT2D eigenvalue weighted by atomic mass is 10.0. The van der Waals surface area contributed by atoms with Crippen LogP contribution in [-0.2, 0) is 0 Å². The molecule has 1 aromatic rings. The van der Waals surface area contributed by atoms with E-state index in [9.17, 15) is 5.11 Å². The van der Waals surface area contributed by atoms with Gasteiger partial charge in [-0.1, -0.05) is 12.2 Å². The molecule has 3 N–H and O–H groups in total. The number of aliphatic hydroxyl groups excluding tert-OH is 1. The van der Waals surface area contributed by atoms with E-state index in [-0.39, 0.29) is 12.1 Å². The van der Waals surface area contributed by atoms with Crippen LogP contribution in [0.4, 0.5) is 5.82 Å². The van der Waals surface area contributed by atoms with Crippen molar-refractivity contribution in [2.24, 2.45) is 5.73 Å². The van der Waals surface area contributed by atoms with Gasteiger partial charge < -0.3 is 15.7 Å². The summed E-state index contributed by atoms with van der Waals surface area (Å²) in [5, 5.41) is 9.35. The summed E-state index contributed by atoms with van der Waals surface area (Å²) >= 11 is 4.97. The molecule has 0 aliphatic heterocycles. The lowest BCUT2D eigenvalue weighted by Gasteiger charge is -2.35. The molecule has 0 spiro atoms. The zero-order valence-electron chi connectivity index (χ0n) is 10.7. The Morgan fingerprint density at radius 2 is 2.12 bits per heavy atom. The summed E-state index contributed by atoms with van der Waals surface area (Å²) in [5.74, 6) is 0.756. The molecule has 5 heteroatoms. The van der Waals surface area contributed by atoms with Gasteiger partial charge in [-0.3, -0.25) is 0 Å². The molecule has 0 radical (unpaired) electrons. The molecule has 0 fully saturated rings. The average molecular weight is 253 g/mol. The van der Waals surface area contributed by atoms with Gasteiger partial charge in [-0.25, -0.2) is 4.98 Å². The third-order valence-electron chi connectivity index (χ3n) is 2.86. The van der Waals surface area contributed by atoms with E-state index in [1.54, 1.807) is 0 Å². The van der Waals surface area contributed by atoms with Crippen molar-refractivity contribution in [3.8, 4) is 0 Å². The number of nitrogens with zero attached hydrogens (tertiary/aromatic N) is 2. The third-order valence-corrected chi connectivity index (χ3v) is 3.10. The Morgan fingerprint density at radius 3 is 2.59 bits per heavy atom. The monoisotopic (exact) mass is 253 g/mol. The number of aryl methyl sites for hydroxylation is 1. The van der Waals surface area contributed by atoms with Gasteiger partial charge in [0.25, 0.3) is 0 Å². The minimum absolute atomic E-state index is 0.0432. The van der Waals surface area contributed by atoms with E-state index in [2.05, 4.69) is 4.98 Å². The number of hydrogen-bond donors (Lipinski definition) is 2. The summed E-state index contributed by atoms with van der Waals surface area (Å²) in [6, 6.07) is 3.69. The van der Waals surface area contributed by atoms with Gasteiger partial charge in [0.1, 0.15) is 10.8 Å². The number of aromatic nitrogens is 1. The van der Waals surface area contributed by atoms with Crippen molar-refractivity contribution in [3.05, 3.63) is 23.4 Å². The number of hydrogen-bond acceptors (Lipinski definition) is 4. The summed E-state index contributed by atoms with van der Waals surface area (Å²) in [7, 11) is 1.89. The number of anilines is 1. The number of rotatable bonds is 4. The fourth-order valence-electron chi connectivity index (χ4n) is 1.38. The van der Waals surface area contributed by atoms with E-state index in [1.807, 2.05) is 44.9 Å². The summed E-state index contributed by atoms with van der Waals surface area (Å²) < 4.78 is 0. The molecule has 0 aliphatic carbocycles. The van der Waals surface area contributed by atoms with Crippen molar-refractivity contribution in [2.75, 3.05) is 18.6 Å². The predicted octanol–water partition coefficient (Wildman–Crippen LogP) is 1.23. The molecular weight excluding hydrogens is 234 g/mol. The molecule has 0 bridgehead atoms. The second kappa shape index (κ2) is 4.98. The highest BCUT2D eigenvalue weighted by molar-refractivity contribution is 7.80. The molecule has 0 atom stereocenters. The Labute approximate surface area is 107 Å². The van der Waals surface area contributed by atoms with Crippen LogP contribution in [0.25, 0.3) is 0 Å². The van der Waals surface area contributed by atoms with Crippen LogP contribution in [0.5, 0.6) is 0 Å². The SMILES string of the molecule is Cc1cc(C(N)=S)cc(N(C)C(C)(C)CO)n1. The molecule has 0 saturated carbocycles. The fraction of sp³-hybridized carbons (Fsp3) is 0.500. The second-order valence-corrected chi connectivity index (χ2v) is 5.19. The van der Waals surface area contributed by atoms with Crippen molar-refractivity contribution in [1.29, 1.82) is 0 Å². The van der Waals surface area contributed by atoms with Crippen LogP contribution >= 0.6 is 12.2 Å². The Hall–Kier alpha value is -1.20. The van der Waals surface area contributed by atoms with Gasteiger partial charge in [0, 0.05) is 18.3 Å². The summed E-state index contributed by atoms with van der Waals surface area (Å²) in [4.78, 5) is 6.70. The van der Waals surface area contributed by atoms with Crippen molar-refractivity contribution < 1.29 is 5.11 Å². The molecule has 1 rings (SSSR count). The molecule has 17 heavy (non-hydrogen) atoms. The molecule has 0 aliphatic rings. The van der Waals surface area contributed by atoms with Gasteiger partial charge in [0.05, 0.1) is 12.1 Å². The maximum atomic E-state index is 9.35. The Kier molecular flexibility index (Phi) is 4.06. The van der Waals surface area contributed by atoms with Crippen LogP contribution in [0.3, 0.4) is 0 Å². The van der Waals surface area contributed by atoms with E-state index >= 15 is 0 Å². The van der Waals surface area contributed by atoms with Gasteiger partial charge >= 0.3 is 0 Å². The number of nitrogens with two attached hydrogens (primary N) is 1. The topological polar surface area (TPSA) is 62.4 Å². The number of pyridine rings is 1. The maximum absolute atomic E-state index is 9.35. The summed E-state index contributed by atoms with van der Waals surface area (Å²) in [6.07, 6.45) is 0. The minimum atomic E-state index is -0.381. The number of thiocarbonyl (C=S) groups is 1. The van der Waals surface area contributed by atoms with Gasteiger partial charge in [0.15, 0.2) is 0 Å². The van der Waals surface area contributed by atoms with Crippen LogP contribution in [-0.4, -0.2) is 34.3 Å². The molecule has 94 valence electrons. The second-order valence-electron chi connectivity index (χ2n) is 4.75. The van der Waals surface area contributed by atoms with E-state index in [1.165, 1.54) is 0 Å². The third kappa shape index (κ3) is 3.14. The highest BCUT2D eigenvalue weighted by Crippen LogP contribution is 2.21. The molecule has 0 saturated heterocycles. The predicted molar refractivity (Wildman–Crippen MR) is 74.4 cm³/mol. The first-order valence-electron chi connectivity index (χ1n) is 5.41. The highest BCUT2D eigenvalue weighted by Gasteiger charge is 2.24. The van der Waals surface area contributed by atoms with Gasteiger partial charge in [0.2, 0.25) is 0 Å². The minimum Gasteiger partial charge on any atom is -0.394 e. The van der Waals surface area contributed by atoms with Crippen LogP contribution in [0.1, 0.15) is 25.1 Å². The standard InChI is InChI=1S/C12H19N3OS/c1-8-5-9(11(13)17)6-10(14-8)15(4)12(2,3)7-16/h5-6,16H,7H2,1-4H3,(H2,13,17). The molecule has 4 nitrogen and oxygen atoms in total. The smallest absolute Gasteiger partial charge is 0.129 e. The van der Waals surface area contributed by atoms with Crippen LogP contribution in [0.15, 0.2) is 12.1 Å². The molecule has 0 aromatic carbocycles. The first-order chi connectivity index (χ1) is 7.77. The fourth-order valence-corrected chi connectivity index (χ4v) is 1.50. The van der Waals surface area contributed by atoms with E-state index in [4.69, 9.17) is 18.0 Å². The van der Waals surface area contributed by atoms with Crippen molar-refractivity contribution in [2.45, 2.75) is 26.3 Å². The Balaban J connectivity index is 3.18. The summed E-state index contributed by atoms with van der Waals surface area (Å²) in [5.41, 5.74) is 6.90. The first-order valence-corrected chi connectivity index (χ1v) is 5.82. The lowest BCUT2D eigenvalue weighted by molar-refractivity contribution is 0.215. The number of likely N-dealkylation sites (N-methyl/N-ethyl adjacent to an activating group) is 1. The Morgan fingerprint density at radius 1 is 1.53 bits per heavy atom. The number of aliphatic hydroxyl groups is 1. The van der Waals surface area contributed by atoms with Crippen molar-refractivity contribution >= 4 is 23.0 Å². The van der Waals surface area contributed by atoms with Crippen LogP contribution in [0.2, 0.25) is 0 Å². The molecular formula is C12H19N3OS. The van der Waals surface area contributed by atoms with Gasteiger partial charge in [-0.2, -0.15) is 0 Å². The molecule has 0 unspecified atom stereocenters. The molecule has 1 heterocycles. The summed E-state index contributed by atoms with van der Waals surface area (Å²) in [6.45, 7) is 5.82. The van der Waals surface area contributed by atoms with E-state index < -0.39 is 0 Å².